The number of carbonyl (C=O) groups excluding carboxylic acids is 2. The molecular weight excluding hydrogens is 418 g/mol. The molecule has 2 N–H and O–H groups in total. The molecule has 3 atom stereocenters. The van der Waals surface area contributed by atoms with Crippen LogP contribution in [0.2, 0.25) is 0 Å². The molecule has 2 saturated heterocycles. The highest BCUT2D eigenvalue weighted by Crippen LogP contribution is 2.26. The van der Waals surface area contributed by atoms with Gasteiger partial charge in [0.15, 0.2) is 0 Å². The van der Waals surface area contributed by atoms with Crippen LogP contribution in [0.5, 0.6) is 0 Å². The fraction of sp³-hybridized carbons (Fsp3) is 0.462. The molecule has 2 heterocycles. The van der Waals surface area contributed by atoms with Crippen molar-refractivity contribution in [3.8, 4) is 0 Å². The number of aliphatic hydroxyl groups is 1. The van der Waals surface area contributed by atoms with Crippen LogP contribution in [0.25, 0.3) is 0 Å². The van der Waals surface area contributed by atoms with E-state index in [1.807, 2.05) is 60.7 Å². The minimum Gasteiger partial charge on any atom is -0.389 e. The third kappa shape index (κ3) is 5.92. The van der Waals surface area contributed by atoms with Crippen molar-refractivity contribution in [1.82, 2.24) is 15.1 Å². The zero-order valence-corrected chi connectivity index (χ0v) is 18.9. The zero-order chi connectivity index (χ0) is 23.0. The smallest absolute Gasteiger partial charge is 0.318 e. The lowest BCUT2D eigenvalue weighted by Crippen LogP contribution is -2.54. The second kappa shape index (κ2) is 11.3. The van der Waals surface area contributed by atoms with E-state index < -0.39 is 12.1 Å². The summed E-state index contributed by atoms with van der Waals surface area (Å²) in [5, 5.41) is 13.7. The van der Waals surface area contributed by atoms with Crippen molar-refractivity contribution in [2.45, 2.75) is 57.0 Å². The van der Waals surface area contributed by atoms with E-state index in [0.717, 1.165) is 30.4 Å². The summed E-state index contributed by atoms with van der Waals surface area (Å²) >= 11 is 0. The first-order valence-corrected chi connectivity index (χ1v) is 11.8. The second-order valence-electron chi connectivity index (χ2n) is 8.81. The number of likely N-dealkylation sites (tertiary alicyclic amines) is 2. The van der Waals surface area contributed by atoms with Crippen molar-refractivity contribution < 1.29 is 19.4 Å². The van der Waals surface area contributed by atoms with E-state index in [-0.39, 0.29) is 24.6 Å². The summed E-state index contributed by atoms with van der Waals surface area (Å²) in [6.45, 7) is 2.21. The predicted molar refractivity (Wildman–Crippen MR) is 125 cm³/mol. The van der Waals surface area contributed by atoms with Crippen LogP contribution >= 0.6 is 0 Å². The van der Waals surface area contributed by atoms with Crippen molar-refractivity contribution in [2.24, 2.45) is 0 Å². The number of hydrogen-bond donors (Lipinski definition) is 2. The van der Waals surface area contributed by atoms with E-state index in [4.69, 9.17) is 4.74 Å². The quantitative estimate of drug-likeness (QED) is 0.647. The van der Waals surface area contributed by atoms with Crippen LogP contribution in [-0.4, -0.2) is 64.7 Å². The molecule has 2 aliphatic heterocycles. The van der Waals surface area contributed by atoms with Gasteiger partial charge in [0.25, 0.3) is 0 Å². The topological polar surface area (TPSA) is 82.1 Å². The minimum absolute atomic E-state index is 0.0630. The number of nitrogens with zero attached hydrogens (tertiary/aromatic N) is 2. The number of urea groups is 1. The van der Waals surface area contributed by atoms with Crippen molar-refractivity contribution in [3.63, 3.8) is 0 Å². The molecule has 0 radical (unpaired) electrons. The van der Waals surface area contributed by atoms with E-state index in [1.165, 1.54) is 0 Å². The van der Waals surface area contributed by atoms with E-state index in [9.17, 15) is 14.7 Å². The SMILES string of the molecule is O=C([C@@H]1CCCN1C(=O)NCc1ccccc1)N1CCCC1[C@H](O)COCc1ccccc1. The Balaban J connectivity index is 1.31. The maximum atomic E-state index is 13.4. The lowest BCUT2D eigenvalue weighted by atomic mass is 10.1. The third-order valence-corrected chi connectivity index (χ3v) is 6.51. The van der Waals surface area contributed by atoms with Gasteiger partial charge in [-0.05, 0) is 36.8 Å². The molecule has 33 heavy (non-hydrogen) atoms. The van der Waals surface area contributed by atoms with Crippen molar-refractivity contribution in [3.05, 3.63) is 71.8 Å². The Morgan fingerprint density at radius 1 is 0.939 bits per heavy atom. The van der Waals surface area contributed by atoms with Gasteiger partial charge in [-0.2, -0.15) is 0 Å². The summed E-state index contributed by atoms with van der Waals surface area (Å²) in [5.41, 5.74) is 2.07. The largest absolute Gasteiger partial charge is 0.389 e. The Kier molecular flexibility index (Phi) is 7.96. The molecule has 7 heteroatoms. The van der Waals surface area contributed by atoms with Gasteiger partial charge < -0.3 is 25.0 Å². The van der Waals surface area contributed by atoms with E-state index in [1.54, 1.807) is 9.80 Å². The molecule has 0 spiro atoms. The van der Waals surface area contributed by atoms with Crippen LogP contribution in [0.1, 0.15) is 36.8 Å². The van der Waals surface area contributed by atoms with E-state index in [2.05, 4.69) is 5.32 Å². The summed E-state index contributed by atoms with van der Waals surface area (Å²) in [7, 11) is 0. The first-order valence-electron chi connectivity index (χ1n) is 11.8. The van der Waals surface area contributed by atoms with Gasteiger partial charge in [0.1, 0.15) is 6.04 Å². The van der Waals surface area contributed by atoms with Crippen LogP contribution in [0, 0.1) is 0 Å². The molecule has 0 aliphatic carbocycles. The normalized spacial score (nSPS) is 21.2. The van der Waals surface area contributed by atoms with Crippen LogP contribution in [0.4, 0.5) is 4.79 Å². The number of ether oxygens (including phenoxy) is 1. The molecule has 3 amide bonds. The second-order valence-corrected chi connectivity index (χ2v) is 8.81. The van der Waals surface area contributed by atoms with Crippen LogP contribution in [-0.2, 0) is 22.7 Å². The average molecular weight is 452 g/mol. The van der Waals surface area contributed by atoms with Crippen molar-refractivity contribution in [2.75, 3.05) is 19.7 Å². The van der Waals surface area contributed by atoms with Gasteiger partial charge in [-0.1, -0.05) is 60.7 Å². The number of amides is 3. The van der Waals surface area contributed by atoms with Gasteiger partial charge in [-0.15, -0.1) is 0 Å². The summed E-state index contributed by atoms with van der Waals surface area (Å²) in [6.07, 6.45) is 2.30. The number of rotatable bonds is 8. The molecule has 0 bridgehead atoms. The molecular formula is C26H33N3O4. The molecule has 7 nitrogen and oxygen atoms in total. The molecule has 1 unspecified atom stereocenters. The molecule has 2 aliphatic rings. The third-order valence-electron chi connectivity index (χ3n) is 6.51. The van der Waals surface area contributed by atoms with Gasteiger partial charge in [0, 0.05) is 19.6 Å². The fourth-order valence-corrected chi connectivity index (χ4v) is 4.78. The molecule has 0 aromatic heterocycles. The highest BCUT2D eigenvalue weighted by atomic mass is 16.5. The standard InChI is InChI=1S/C26H33N3O4/c30-24(19-33-18-21-11-5-2-6-12-21)22-13-7-15-28(22)25(31)23-14-8-16-29(23)26(32)27-17-20-9-3-1-4-10-20/h1-6,9-12,22-24,30H,7-8,13-19H2,(H,27,32)/t22?,23-,24+/m0/s1. The van der Waals surface area contributed by atoms with E-state index >= 15 is 0 Å². The lowest BCUT2D eigenvalue weighted by Gasteiger charge is -2.33. The summed E-state index contributed by atoms with van der Waals surface area (Å²) in [4.78, 5) is 29.6. The summed E-state index contributed by atoms with van der Waals surface area (Å²) in [5.74, 6) is -0.0630. The molecule has 2 aromatic rings. The van der Waals surface area contributed by atoms with Crippen molar-refractivity contribution in [1.29, 1.82) is 0 Å². The summed E-state index contributed by atoms with van der Waals surface area (Å²) < 4.78 is 5.72. The van der Waals surface area contributed by atoms with Crippen LogP contribution in [0.15, 0.2) is 60.7 Å². The van der Waals surface area contributed by atoms with E-state index in [0.29, 0.717) is 32.7 Å². The van der Waals surface area contributed by atoms with Gasteiger partial charge >= 0.3 is 6.03 Å². The zero-order valence-electron chi connectivity index (χ0n) is 18.9. The van der Waals surface area contributed by atoms with Gasteiger partial charge in [0.2, 0.25) is 5.91 Å². The molecule has 176 valence electrons. The van der Waals surface area contributed by atoms with Gasteiger partial charge in [0.05, 0.1) is 25.4 Å². The molecule has 2 aromatic carbocycles. The lowest BCUT2D eigenvalue weighted by molar-refractivity contribution is -0.139. The Labute approximate surface area is 195 Å². The van der Waals surface area contributed by atoms with Crippen LogP contribution in [0.3, 0.4) is 0 Å². The first-order chi connectivity index (χ1) is 16.1. The fourth-order valence-electron chi connectivity index (χ4n) is 4.78. The van der Waals surface area contributed by atoms with Crippen LogP contribution < -0.4 is 5.32 Å². The Bertz CT molecular complexity index is 908. The molecule has 2 fully saturated rings. The first kappa shape index (κ1) is 23.3. The minimum atomic E-state index is -0.748. The number of carbonyl (C=O) groups is 2. The highest BCUT2D eigenvalue weighted by Gasteiger charge is 2.41. The number of nitrogens with one attached hydrogen (secondary N) is 1. The molecule has 4 rings (SSSR count). The maximum absolute atomic E-state index is 13.4. The summed E-state index contributed by atoms with van der Waals surface area (Å²) in [6, 6.07) is 18.6. The predicted octanol–water partition coefficient (Wildman–Crippen LogP) is 2.93. The van der Waals surface area contributed by atoms with Gasteiger partial charge in [-0.3, -0.25) is 4.79 Å². The van der Waals surface area contributed by atoms with Crippen molar-refractivity contribution >= 4 is 11.9 Å². The molecule has 0 saturated carbocycles. The average Bonchev–Trinajstić information content (AvgIpc) is 3.54. The maximum Gasteiger partial charge on any atom is 0.318 e. The monoisotopic (exact) mass is 451 g/mol. The highest BCUT2D eigenvalue weighted by molar-refractivity contribution is 5.88. The Morgan fingerprint density at radius 3 is 2.30 bits per heavy atom. The number of aliphatic hydroxyl groups excluding tert-OH is 1. The number of benzene rings is 2. The Hall–Kier alpha value is -2.90. The number of hydrogen-bond acceptors (Lipinski definition) is 4. The van der Waals surface area contributed by atoms with Gasteiger partial charge in [-0.25, -0.2) is 4.79 Å². The Morgan fingerprint density at radius 2 is 1.58 bits per heavy atom.